The van der Waals surface area contributed by atoms with E-state index < -0.39 is 0 Å². The molecule has 1 aliphatic carbocycles. The Morgan fingerprint density at radius 1 is 1.39 bits per heavy atom. The van der Waals surface area contributed by atoms with E-state index >= 15 is 0 Å². The van der Waals surface area contributed by atoms with Crippen molar-refractivity contribution in [2.45, 2.75) is 32.6 Å². The molecular weight excluding hydrogens is 240 g/mol. The maximum Gasteiger partial charge on any atom is 0.106 e. The standard InChI is InChI=1S/C15H22N2S/c1-11-6-5-9-13(15(16)18)14(11)17(2)10-12-7-3-4-8-12/h5-6,9,12H,3-4,7-8,10H2,1-2H3,(H2,16,18). The van der Waals surface area contributed by atoms with E-state index in [1.165, 1.54) is 36.9 Å². The van der Waals surface area contributed by atoms with Crippen molar-refractivity contribution < 1.29 is 0 Å². The van der Waals surface area contributed by atoms with E-state index in [4.69, 9.17) is 18.0 Å². The van der Waals surface area contributed by atoms with Gasteiger partial charge in [0.1, 0.15) is 4.99 Å². The summed E-state index contributed by atoms with van der Waals surface area (Å²) in [6.45, 7) is 3.24. The Bertz CT molecular complexity index is 436. The van der Waals surface area contributed by atoms with Crippen LogP contribution in [0, 0.1) is 12.8 Å². The van der Waals surface area contributed by atoms with E-state index in [9.17, 15) is 0 Å². The van der Waals surface area contributed by atoms with Gasteiger partial charge in [0.15, 0.2) is 0 Å². The van der Waals surface area contributed by atoms with Gasteiger partial charge in [0.25, 0.3) is 0 Å². The van der Waals surface area contributed by atoms with Crippen LogP contribution < -0.4 is 10.6 Å². The number of hydrogen-bond donors (Lipinski definition) is 1. The zero-order chi connectivity index (χ0) is 13.1. The molecule has 3 heteroatoms. The first-order valence-electron chi connectivity index (χ1n) is 6.70. The molecule has 0 unspecified atom stereocenters. The predicted octanol–water partition coefficient (Wildman–Crippen LogP) is 3.26. The Balaban J connectivity index is 2.22. The minimum absolute atomic E-state index is 0.493. The highest BCUT2D eigenvalue weighted by molar-refractivity contribution is 7.80. The minimum Gasteiger partial charge on any atom is -0.389 e. The minimum atomic E-state index is 0.493. The number of hydrogen-bond acceptors (Lipinski definition) is 2. The lowest BCUT2D eigenvalue weighted by Crippen LogP contribution is -2.27. The molecule has 1 aliphatic rings. The summed E-state index contributed by atoms with van der Waals surface area (Å²) in [5.74, 6) is 0.828. The van der Waals surface area contributed by atoms with Gasteiger partial charge in [0, 0.05) is 24.8 Å². The van der Waals surface area contributed by atoms with Crippen molar-refractivity contribution in [3.8, 4) is 0 Å². The molecule has 0 bridgehead atoms. The number of rotatable bonds is 4. The molecule has 0 radical (unpaired) electrons. The van der Waals surface area contributed by atoms with Gasteiger partial charge in [-0.25, -0.2) is 0 Å². The molecule has 0 atom stereocenters. The lowest BCUT2D eigenvalue weighted by atomic mass is 10.0. The Morgan fingerprint density at radius 3 is 2.67 bits per heavy atom. The first kappa shape index (κ1) is 13.3. The summed E-state index contributed by atoms with van der Waals surface area (Å²) < 4.78 is 0. The van der Waals surface area contributed by atoms with Crippen LogP contribution in [0.25, 0.3) is 0 Å². The van der Waals surface area contributed by atoms with Crippen LogP contribution in [0.4, 0.5) is 5.69 Å². The summed E-state index contributed by atoms with van der Waals surface area (Å²) in [7, 11) is 2.16. The molecule has 0 aromatic heterocycles. The predicted molar refractivity (Wildman–Crippen MR) is 82.3 cm³/mol. The number of benzene rings is 1. The van der Waals surface area contributed by atoms with Crippen molar-refractivity contribution in [1.82, 2.24) is 0 Å². The number of aryl methyl sites for hydroxylation is 1. The molecule has 2 nitrogen and oxygen atoms in total. The molecule has 1 saturated carbocycles. The van der Waals surface area contributed by atoms with Gasteiger partial charge in [0.05, 0.1) is 0 Å². The normalized spacial score (nSPS) is 15.9. The maximum absolute atomic E-state index is 5.83. The SMILES string of the molecule is Cc1cccc(C(N)=S)c1N(C)CC1CCCC1. The Kier molecular flexibility index (Phi) is 4.23. The van der Waals surface area contributed by atoms with E-state index in [1.807, 2.05) is 12.1 Å². The summed E-state index contributed by atoms with van der Waals surface area (Å²) in [6, 6.07) is 6.18. The Morgan fingerprint density at radius 2 is 2.06 bits per heavy atom. The van der Waals surface area contributed by atoms with Crippen LogP contribution >= 0.6 is 12.2 Å². The maximum atomic E-state index is 5.83. The van der Waals surface area contributed by atoms with E-state index in [-0.39, 0.29) is 0 Å². The second-order valence-corrected chi connectivity index (χ2v) is 5.81. The fourth-order valence-electron chi connectivity index (χ4n) is 3.04. The topological polar surface area (TPSA) is 29.3 Å². The van der Waals surface area contributed by atoms with Crippen molar-refractivity contribution >= 4 is 22.9 Å². The molecule has 18 heavy (non-hydrogen) atoms. The van der Waals surface area contributed by atoms with Gasteiger partial charge in [-0.1, -0.05) is 37.2 Å². The van der Waals surface area contributed by atoms with Gasteiger partial charge in [-0.3, -0.25) is 0 Å². The first-order valence-corrected chi connectivity index (χ1v) is 7.11. The van der Waals surface area contributed by atoms with Crippen molar-refractivity contribution in [3.05, 3.63) is 29.3 Å². The zero-order valence-corrected chi connectivity index (χ0v) is 12.1. The van der Waals surface area contributed by atoms with Crippen LogP contribution in [0.1, 0.15) is 36.8 Å². The summed E-state index contributed by atoms with van der Waals surface area (Å²) in [6.07, 6.45) is 5.49. The zero-order valence-electron chi connectivity index (χ0n) is 11.3. The van der Waals surface area contributed by atoms with Crippen molar-refractivity contribution in [3.63, 3.8) is 0 Å². The molecule has 0 saturated heterocycles. The number of nitrogens with zero attached hydrogens (tertiary/aromatic N) is 1. The first-order chi connectivity index (χ1) is 8.59. The van der Waals surface area contributed by atoms with Gasteiger partial charge in [0.2, 0.25) is 0 Å². The van der Waals surface area contributed by atoms with Gasteiger partial charge < -0.3 is 10.6 Å². The largest absolute Gasteiger partial charge is 0.389 e. The van der Waals surface area contributed by atoms with Crippen molar-refractivity contribution in [2.75, 3.05) is 18.5 Å². The third kappa shape index (κ3) is 2.83. The second kappa shape index (κ2) is 5.70. The molecule has 2 N–H and O–H groups in total. The molecule has 1 fully saturated rings. The highest BCUT2D eigenvalue weighted by atomic mass is 32.1. The van der Waals surface area contributed by atoms with E-state index in [0.29, 0.717) is 4.99 Å². The highest BCUT2D eigenvalue weighted by Gasteiger charge is 2.19. The Labute approximate surface area is 115 Å². The van der Waals surface area contributed by atoms with Crippen LogP contribution in [0.5, 0.6) is 0 Å². The third-order valence-electron chi connectivity index (χ3n) is 3.89. The molecule has 0 amide bonds. The highest BCUT2D eigenvalue weighted by Crippen LogP contribution is 2.29. The van der Waals surface area contributed by atoms with Gasteiger partial charge in [-0.15, -0.1) is 0 Å². The molecule has 1 aromatic carbocycles. The van der Waals surface area contributed by atoms with Crippen LogP contribution in [0.15, 0.2) is 18.2 Å². The van der Waals surface area contributed by atoms with E-state index in [1.54, 1.807) is 0 Å². The van der Waals surface area contributed by atoms with E-state index in [2.05, 4.69) is 24.9 Å². The van der Waals surface area contributed by atoms with E-state index in [0.717, 1.165) is 18.0 Å². The number of para-hydroxylation sites is 1. The number of anilines is 1. The van der Waals surface area contributed by atoms with Crippen molar-refractivity contribution in [1.29, 1.82) is 0 Å². The molecule has 0 heterocycles. The van der Waals surface area contributed by atoms with Crippen molar-refractivity contribution in [2.24, 2.45) is 11.7 Å². The molecule has 2 rings (SSSR count). The smallest absolute Gasteiger partial charge is 0.106 e. The van der Waals surface area contributed by atoms with Gasteiger partial charge in [-0.2, -0.15) is 0 Å². The fraction of sp³-hybridized carbons (Fsp3) is 0.533. The lowest BCUT2D eigenvalue weighted by Gasteiger charge is -2.27. The lowest BCUT2D eigenvalue weighted by molar-refractivity contribution is 0.546. The quantitative estimate of drug-likeness (QED) is 0.845. The molecule has 0 aliphatic heterocycles. The summed E-state index contributed by atoms with van der Waals surface area (Å²) in [5.41, 5.74) is 9.30. The molecule has 98 valence electrons. The number of thiocarbonyl (C=S) groups is 1. The van der Waals surface area contributed by atoms with Crippen LogP contribution in [-0.4, -0.2) is 18.6 Å². The van der Waals surface area contributed by atoms with Crippen LogP contribution in [0.3, 0.4) is 0 Å². The average molecular weight is 262 g/mol. The molecule has 0 spiro atoms. The summed E-state index contributed by atoms with van der Waals surface area (Å²) in [5, 5.41) is 0. The summed E-state index contributed by atoms with van der Waals surface area (Å²) in [4.78, 5) is 2.83. The second-order valence-electron chi connectivity index (χ2n) is 5.37. The summed E-state index contributed by atoms with van der Waals surface area (Å²) >= 11 is 5.16. The van der Waals surface area contributed by atoms with Gasteiger partial charge >= 0.3 is 0 Å². The monoisotopic (exact) mass is 262 g/mol. The van der Waals surface area contributed by atoms with Crippen LogP contribution in [-0.2, 0) is 0 Å². The van der Waals surface area contributed by atoms with Gasteiger partial charge in [-0.05, 0) is 37.3 Å². The fourth-order valence-corrected chi connectivity index (χ4v) is 3.20. The van der Waals surface area contributed by atoms with Crippen LogP contribution in [0.2, 0.25) is 0 Å². The molecular formula is C15H22N2S. The average Bonchev–Trinajstić information content (AvgIpc) is 2.81. The Hall–Kier alpha value is -1.09. The molecule has 1 aromatic rings. The number of nitrogens with two attached hydrogens (primary N) is 1. The third-order valence-corrected chi connectivity index (χ3v) is 4.11.